The molecule has 4 aromatic rings. The molecule has 2 aromatic carbocycles. The topological polar surface area (TPSA) is 106 Å². The van der Waals surface area contributed by atoms with Crippen LogP contribution in [0.4, 0.5) is 22.1 Å². The van der Waals surface area contributed by atoms with Gasteiger partial charge in [0, 0.05) is 17.5 Å². The third kappa shape index (κ3) is 3.44. The standard InChI is InChI=1S/C20H20N6O2/c1-4-28-20(27)25-16-9-14(8-15-18(16)23-12(3)22-15)24-19-21-10-13-7-5-6-11(2)17(13)26-19/h5-10H,4H2,1-3H3,(H,22,23)(H,25,27)(H,21,24,26)/p+1. The first-order valence-corrected chi connectivity index (χ1v) is 9.02. The van der Waals surface area contributed by atoms with Gasteiger partial charge in [-0.2, -0.15) is 0 Å². The summed E-state index contributed by atoms with van der Waals surface area (Å²) in [6.07, 6.45) is 1.39. The van der Waals surface area contributed by atoms with Crippen molar-refractivity contribution in [2.45, 2.75) is 20.8 Å². The van der Waals surface area contributed by atoms with Crippen molar-refractivity contribution < 1.29 is 14.5 Å². The number of anilines is 3. The van der Waals surface area contributed by atoms with E-state index in [4.69, 9.17) is 4.74 Å². The molecule has 4 N–H and O–H groups in total. The maximum Gasteiger partial charge on any atom is 0.411 e. The fraction of sp³-hybridized carbons (Fsp3) is 0.200. The van der Waals surface area contributed by atoms with Crippen LogP contribution >= 0.6 is 0 Å². The molecule has 0 aliphatic rings. The normalized spacial score (nSPS) is 11.0. The second kappa shape index (κ2) is 7.15. The van der Waals surface area contributed by atoms with Crippen LogP contribution in [0.1, 0.15) is 18.3 Å². The number of ether oxygens (including phenoxy) is 1. The number of nitrogens with one attached hydrogen (secondary N) is 4. The van der Waals surface area contributed by atoms with E-state index in [0.29, 0.717) is 23.8 Å². The van der Waals surface area contributed by atoms with Crippen LogP contribution < -0.4 is 15.6 Å². The van der Waals surface area contributed by atoms with Gasteiger partial charge in [-0.25, -0.2) is 20.1 Å². The van der Waals surface area contributed by atoms with Gasteiger partial charge in [0.25, 0.3) is 0 Å². The minimum Gasteiger partial charge on any atom is -0.450 e. The molecule has 0 unspecified atom stereocenters. The van der Waals surface area contributed by atoms with E-state index in [1.54, 1.807) is 13.0 Å². The van der Waals surface area contributed by atoms with Crippen LogP contribution in [0.5, 0.6) is 0 Å². The Labute approximate surface area is 161 Å². The van der Waals surface area contributed by atoms with Crippen LogP contribution in [0, 0.1) is 13.8 Å². The average Bonchev–Trinajstić information content (AvgIpc) is 3.03. The lowest BCUT2D eigenvalue weighted by molar-refractivity contribution is -0.362. The van der Waals surface area contributed by atoms with Crippen molar-refractivity contribution in [3.8, 4) is 0 Å². The second-order valence-electron chi connectivity index (χ2n) is 6.47. The van der Waals surface area contributed by atoms with Crippen LogP contribution in [0.2, 0.25) is 0 Å². The zero-order chi connectivity index (χ0) is 19.7. The van der Waals surface area contributed by atoms with Gasteiger partial charge < -0.3 is 9.72 Å². The van der Waals surface area contributed by atoms with Crippen LogP contribution in [0.3, 0.4) is 0 Å². The van der Waals surface area contributed by atoms with E-state index in [0.717, 1.165) is 33.5 Å². The summed E-state index contributed by atoms with van der Waals surface area (Å²) in [5.74, 6) is 1.35. The maximum atomic E-state index is 11.9. The van der Waals surface area contributed by atoms with Crippen LogP contribution in [0.15, 0.2) is 36.5 Å². The molecule has 0 fully saturated rings. The third-order valence-corrected chi connectivity index (χ3v) is 4.34. The van der Waals surface area contributed by atoms with Gasteiger partial charge >= 0.3 is 12.0 Å². The van der Waals surface area contributed by atoms with E-state index in [1.807, 2.05) is 44.3 Å². The SMILES string of the molecule is CCOC(=O)Nc1cc(Nc2nc3c(C)cccc3c[nH+]2)cc2[nH]c(C)nc12. The van der Waals surface area contributed by atoms with Gasteiger partial charge in [0.1, 0.15) is 17.0 Å². The first-order valence-electron chi connectivity index (χ1n) is 9.02. The number of para-hydroxylation sites is 1. The van der Waals surface area contributed by atoms with Gasteiger partial charge in [-0.05, 0) is 32.4 Å². The fourth-order valence-corrected chi connectivity index (χ4v) is 3.13. The van der Waals surface area contributed by atoms with E-state index in [1.165, 1.54) is 0 Å². The highest BCUT2D eigenvalue weighted by Gasteiger charge is 2.15. The molecule has 28 heavy (non-hydrogen) atoms. The van der Waals surface area contributed by atoms with E-state index < -0.39 is 6.09 Å². The highest BCUT2D eigenvalue weighted by molar-refractivity contribution is 5.99. The number of aromatic nitrogens is 4. The van der Waals surface area contributed by atoms with Crippen LogP contribution in [0.25, 0.3) is 21.9 Å². The molecular weight excluding hydrogens is 356 g/mol. The molecule has 4 rings (SSSR count). The molecule has 2 heterocycles. The number of fused-ring (bicyclic) bond motifs is 2. The average molecular weight is 377 g/mol. The first-order chi connectivity index (χ1) is 13.5. The predicted molar refractivity (Wildman–Crippen MR) is 108 cm³/mol. The Bertz CT molecular complexity index is 1180. The van der Waals surface area contributed by atoms with Crippen molar-refractivity contribution >= 4 is 45.4 Å². The number of rotatable bonds is 4. The van der Waals surface area contributed by atoms with Crippen molar-refractivity contribution in [1.29, 1.82) is 0 Å². The molecular formula is C20H21N6O2+. The van der Waals surface area contributed by atoms with E-state index in [-0.39, 0.29) is 0 Å². The Morgan fingerprint density at radius 3 is 2.89 bits per heavy atom. The van der Waals surface area contributed by atoms with Gasteiger partial charge in [0.2, 0.25) is 0 Å². The number of aromatic amines is 2. The Balaban J connectivity index is 1.72. The van der Waals surface area contributed by atoms with Gasteiger partial charge in [0.15, 0.2) is 5.52 Å². The lowest BCUT2D eigenvalue weighted by atomic mass is 10.1. The number of aryl methyl sites for hydroxylation is 2. The van der Waals surface area contributed by atoms with Gasteiger partial charge in [0.05, 0.1) is 24.0 Å². The summed E-state index contributed by atoms with van der Waals surface area (Å²) in [6, 6.07) is 9.76. The molecule has 1 amide bonds. The zero-order valence-electron chi connectivity index (χ0n) is 15.9. The molecule has 0 bridgehead atoms. The number of carbonyl (C=O) groups excluding carboxylic acids is 1. The van der Waals surface area contributed by atoms with Crippen molar-refractivity contribution in [3.05, 3.63) is 47.9 Å². The second-order valence-corrected chi connectivity index (χ2v) is 6.47. The summed E-state index contributed by atoms with van der Waals surface area (Å²) >= 11 is 0. The van der Waals surface area contributed by atoms with Crippen molar-refractivity contribution in [2.24, 2.45) is 0 Å². The number of carbonyl (C=O) groups is 1. The molecule has 8 nitrogen and oxygen atoms in total. The largest absolute Gasteiger partial charge is 0.450 e. The first kappa shape index (κ1) is 17.7. The van der Waals surface area contributed by atoms with Crippen LogP contribution in [-0.4, -0.2) is 27.7 Å². The lowest BCUT2D eigenvalue weighted by Gasteiger charge is -2.08. The summed E-state index contributed by atoms with van der Waals surface area (Å²) in [5, 5.41) is 7.05. The Hall–Kier alpha value is -3.68. The molecule has 0 aliphatic heterocycles. The summed E-state index contributed by atoms with van der Waals surface area (Å²) < 4.78 is 4.99. The van der Waals surface area contributed by atoms with Crippen LogP contribution in [-0.2, 0) is 4.74 Å². The molecule has 0 saturated heterocycles. The summed E-state index contributed by atoms with van der Waals surface area (Å²) in [7, 11) is 0. The number of hydrogen-bond acceptors (Lipinski definition) is 5. The Kier molecular flexibility index (Phi) is 4.52. The highest BCUT2D eigenvalue weighted by atomic mass is 16.5. The minimum absolute atomic E-state index is 0.293. The molecule has 0 radical (unpaired) electrons. The Morgan fingerprint density at radius 1 is 1.21 bits per heavy atom. The number of amides is 1. The summed E-state index contributed by atoms with van der Waals surface area (Å²) in [4.78, 5) is 27.4. The fourth-order valence-electron chi connectivity index (χ4n) is 3.13. The predicted octanol–water partition coefficient (Wildman–Crippen LogP) is 3.85. The Morgan fingerprint density at radius 2 is 2.07 bits per heavy atom. The van der Waals surface area contributed by atoms with Crippen molar-refractivity contribution in [2.75, 3.05) is 17.2 Å². The number of H-pyrrole nitrogens is 2. The van der Waals surface area contributed by atoms with E-state index in [2.05, 4.69) is 30.6 Å². The summed E-state index contributed by atoms with van der Waals surface area (Å²) in [6.45, 7) is 5.94. The number of nitrogens with zero attached hydrogens (tertiary/aromatic N) is 2. The molecule has 0 aliphatic carbocycles. The lowest BCUT2D eigenvalue weighted by Crippen LogP contribution is -2.15. The highest BCUT2D eigenvalue weighted by Crippen LogP contribution is 2.28. The van der Waals surface area contributed by atoms with Gasteiger partial charge in [-0.15, -0.1) is 0 Å². The zero-order valence-corrected chi connectivity index (χ0v) is 15.9. The quantitative estimate of drug-likeness (QED) is 0.501. The van der Waals surface area contributed by atoms with E-state index in [9.17, 15) is 4.79 Å². The third-order valence-electron chi connectivity index (χ3n) is 4.34. The smallest absolute Gasteiger partial charge is 0.411 e. The van der Waals surface area contributed by atoms with Crippen molar-refractivity contribution in [3.63, 3.8) is 0 Å². The number of benzene rings is 2. The maximum absolute atomic E-state index is 11.9. The summed E-state index contributed by atoms with van der Waals surface area (Å²) in [5.41, 5.74) is 4.79. The molecule has 142 valence electrons. The minimum atomic E-state index is -0.521. The molecule has 0 saturated carbocycles. The monoisotopic (exact) mass is 377 g/mol. The van der Waals surface area contributed by atoms with Crippen molar-refractivity contribution in [1.82, 2.24) is 15.0 Å². The molecule has 0 atom stereocenters. The van der Waals surface area contributed by atoms with Gasteiger partial charge in [-0.1, -0.05) is 17.1 Å². The number of hydrogen-bond donors (Lipinski definition) is 3. The van der Waals surface area contributed by atoms with Gasteiger partial charge in [-0.3, -0.25) is 5.32 Å². The molecule has 0 spiro atoms. The molecule has 2 aromatic heterocycles. The molecule has 8 heteroatoms. The van der Waals surface area contributed by atoms with E-state index >= 15 is 0 Å². The number of imidazole rings is 1.